The summed E-state index contributed by atoms with van der Waals surface area (Å²) in [5.74, 6) is 0.558. The van der Waals surface area contributed by atoms with Crippen molar-refractivity contribution in [2.45, 2.75) is 11.8 Å². The Labute approximate surface area is 59.5 Å². The van der Waals surface area contributed by atoms with Gasteiger partial charge in [-0.25, -0.2) is 4.98 Å². The van der Waals surface area contributed by atoms with E-state index in [9.17, 15) is 0 Å². The normalized spacial score (nSPS) is 9.56. The third kappa shape index (κ3) is 1.16. The first-order valence-corrected chi connectivity index (χ1v) is 3.06. The lowest BCUT2D eigenvalue weighted by molar-refractivity contribution is 1.20. The summed E-state index contributed by atoms with van der Waals surface area (Å²) in [6.07, 6.45) is 1.64. The minimum Gasteiger partial charge on any atom is -0.383 e. The Morgan fingerprint density at radius 2 is 2.33 bits per heavy atom. The van der Waals surface area contributed by atoms with Crippen LogP contribution in [0.4, 0.5) is 5.82 Å². The molecule has 1 aromatic rings. The first-order valence-electron chi connectivity index (χ1n) is 2.62. The Bertz CT molecular complexity index is 202. The number of rotatable bonds is 0. The molecule has 0 bridgehead atoms. The molecule has 0 saturated heterocycles. The van der Waals surface area contributed by atoms with Crippen molar-refractivity contribution in [1.82, 2.24) is 4.98 Å². The highest BCUT2D eigenvalue weighted by Gasteiger charge is 1.95. The van der Waals surface area contributed by atoms with Crippen molar-refractivity contribution in [3.05, 3.63) is 17.8 Å². The molecule has 9 heavy (non-hydrogen) atoms. The fraction of sp³-hybridized carbons (Fsp3) is 0.167. The van der Waals surface area contributed by atoms with Crippen LogP contribution in [-0.4, -0.2) is 4.98 Å². The second-order valence-electron chi connectivity index (χ2n) is 1.84. The van der Waals surface area contributed by atoms with Crippen LogP contribution in [0.1, 0.15) is 5.56 Å². The molecule has 0 radical (unpaired) electrons. The number of nitrogen functional groups attached to an aromatic ring is 1. The van der Waals surface area contributed by atoms with Gasteiger partial charge in [0.15, 0.2) is 0 Å². The predicted molar refractivity (Wildman–Crippen MR) is 40.6 cm³/mol. The van der Waals surface area contributed by atoms with Crippen molar-refractivity contribution in [2.75, 3.05) is 5.73 Å². The standard InChI is InChI=1S/C6H8N2S/c1-4-5(9)2-3-8-6(4)7/h2-3H,1H3,(H3,7,8,9). The van der Waals surface area contributed by atoms with Crippen LogP contribution in [0.15, 0.2) is 17.2 Å². The fourth-order valence-electron chi connectivity index (χ4n) is 0.541. The maximum atomic E-state index is 5.46. The van der Waals surface area contributed by atoms with E-state index >= 15 is 0 Å². The summed E-state index contributed by atoms with van der Waals surface area (Å²) < 4.78 is 0. The maximum Gasteiger partial charge on any atom is 0.127 e. The van der Waals surface area contributed by atoms with Crippen LogP contribution >= 0.6 is 12.6 Å². The Kier molecular flexibility index (Phi) is 1.62. The van der Waals surface area contributed by atoms with Crippen LogP contribution in [0.5, 0.6) is 0 Å². The van der Waals surface area contributed by atoms with E-state index < -0.39 is 0 Å². The number of thiol groups is 1. The van der Waals surface area contributed by atoms with E-state index in [0.717, 1.165) is 10.5 Å². The first-order chi connectivity index (χ1) is 4.22. The van der Waals surface area contributed by atoms with E-state index in [0.29, 0.717) is 5.82 Å². The van der Waals surface area contributed by atoms with Gasteiger partial charge in [0.2, 0.25) is 0 Å². The highest BCUT2D eigenvalue weighted by atomic mass is 32.1. The molecule has 48 valence electrons. The van der Waals surface area contributed by atoms with Gasteiger partial charge in [-0.15, -0.1) is 12.6 Å². The lowest BCUT2D eigenvalue weighted by Crippen LogP contribution is -1.92. The molecule has 1 aromatic heterocycles. The zero-order chi connectivity index (χ0) is 6.85. The quantitative estimate of drug-likeness (QED) is 0.532. The molecule has 0 atom stereocenters. The van der Waals surface area contributed by atoms with Gasteiger partial charge in [-0.2, -0.15) is 0 Å². The van der Waals surface area contributed by atoms with Gasteiger partial charge in [-0.1, -0.05) is 0 Å². The Morgan fingerprint density at radius 3 is 2.78 bits per heavy atom. The number of hydrogen-bond acceptors (Lipinski definition) is 3. The minimum absolute atomic E-state index is 0.558. The largest absolute Gasteiger partial charge is 0.383 e. The van der Waals surface area contributed by atoms with Crippen LogP contribution in [0.25, 0.3) is 0 Å². The molecule has 0 fully saturated rings. The number of hydrogen-bond donors (Lipinski definition) is 2. The molecule has 0 aromatic carbocycles. The van der Waals surface area contributed by atoms with E-state index in [1.165, 1.54) is 0 Å². The first kappa shape index (κ1) is 6.42. The lowest BCUT2D eigenvalue weighted by atomic mass is 10.3. The Hall–Kier alpha value is -0.700. The molecule has 0 aliphatic rings. The third-order valence-corrected chi connectivity index (χ3v) is 1.70. The van der Waals surface area contributed by atoms with E-state index in [1.54, 1.807) is 6.20 Å². The molecule has 0 saturated carbocycles. The number of nitrogens with zero attached hydrogens (tertiary/aromatic N) is 1. The summed E-state index contributed by atoms with van der Waals surface area (Å²) in [6, 6.07) is 1.81. The predicted octanol–water partition coefficient (Wildman–Crippen LogP) is 1.26. The molecular formula is C6H8N2S. The van der Waals surface area contributed by atoms with Crippen LogP contribution in [-0.2, 0) is 0 Å². The molecule has 1 heterocycles. The molecule has 2 N–H and O–H groups in total. The summed E-state index contributed by atoms with van der Waals surface area (Å²) in [6.45, 7) is 1.89. The van der Waals surface area contributed by atoms with Crippen molar-refractivity contribution in [2.24, 2.45) is 0 Å². The summed E-state index contributed by atoms with van der Waals surface area (Å²) in [5.41, 5.74) is 6.41. The zero-order valence-corrected chi connectivity index (χ0v) is 6.02. The SMILES string of the molecule is Cc1c(S)ccnc1N. The number of aromatic nitrogens is 1. The molecule has 0 unspecified atom stereocenters. The van der Waals surface area contributed by atoms with Gasteiger partial charge in [-0.3, -0.25) is 0 Å². The van der Waals surface area contributed by atoms with Gasteiger partial charge in [0.05, 0.1) is 0 Å². The van der Waals surface area contributed by atoms with Crippen LogP contribution < -0.4 is 5.73 Å². The molecular weight excluding hydrogens is 132 g/mol. The topological polar surface area (TPSA) is 38.9 Å². The summed E-state index contributed by atoms with van der Waals surface area (Å²) in [5, 5.41) is 0. The molecule has 0 amide bonds. The van der Waals surface area contributed by atoms with Crippen molar-refractivity contribution in [3.8, 4) is 0 Å². The molecule has 2 nitrogen and oxygen atoms in total. The Balaban J connectivity index is 3.25. The number of nitrogens with two attached hydrogens (primary N) is 1. The minimum atomic E-state index is 0.558. The summed E-state index contributed by atoms with van der Waals surface area (Å²) >= 11 is 4.15. The lowest BCUT2D eigenvalue weighted by Gasteiger charge is -1.98. The van der Waals surface area contributed by atoms with Gasteiger partial charge >= 0.3 is 0 Å². The Morgan fingerprint density at radius 1 is 1.67 bits per heavy atom. The number of anilines is 1. The van der Waals surface area contributed by atoms with Gasteiger partial charge in [0.25, 0.3) is 0 Å². The highest BCUT2D eigenvalue weighted by molar-refractivity contribution is 7.80. The molecule has 0 spiro atoms. The van der Waals surface area contributed by atoms with Gasteiger partial charge < -0.3 is 5.73 Å². The van der Waals surface area contributed by atoms with Crippen molar-refractivity contribution >= 4 is 18.4 Å². The fourth-order valence-corrected chi connectivity index (χ4v) is 0.722. The van der Waals surface area contributed by atoms with Crippen LogP contribution in [0.3, 0.4) is 0 Å². The second kappa shape index (κ2) is 2.27. The molecule has 0 aliphatic heterocycles. The molecule has 3 heteroatoms. The third-order valence-electron chi connectivity index (χ3n) is 1.21. The molecule has 0 aliphatic carbocycles. The average Bonchev–Trinajstić information content (AvgIpc) is 1.83. The van der Waals surface area contributed by atoms with Crippen molar-refractivity contribution in [1.29, 1.82) is 0 Å². The highest BCUT2D eigenvalue weighted by Crippen LogP contribution is 2.15. The van der Waals surface area contributed by atoms with Crippen molar-refractivity contribution in [3.63, 3.8) is 0 Å². The van der Waals surface area contributed by atoms with Gasteiger partial charge in [-0.05, 0) is 13.0 Å². The van der Waals surface area contributed by atoms with Crippen molar-refractivity contribution < 1.29 is 0 Å². The van der Waals surface area contributed by atoms with Gasteiger partial charge in [0.1, 0.15) is 5.82 Å². The van der Waals surface area contributed by atoms with E-state index in [-0.39, 0.29) is 0 Å². The molecule has 1 rings (SSSR count). The maximum absolute atomic E-state index is 5.46. The van der Waals surface area contributed by atoms with E-state index in [1.807, 2.05) is 13.0 Å². The zero-order valence-electron chi connectivity index (χ0n) is 5.13. The summed E-state index contributed by atoms with van der Waals surface area (Å²) in [7, 11) is 0. The van der Waals surface area contributed by atoms with E-state index in [4.69, 9.17) is 5.73 Å². The average molecular weight is 140 g/mol. The van der Waals surface area contributed by atoms with Crippen LogP contribution in [0.2, 0.25) is 0 Å². The summed E-state index contributed by atoms with van der Waals surface area (Å²) in [4.78, 5) is 4.76. The smallest absolute Gasteiger partial charge is 0.127 e. The van der Waals surface area contributed by atoms with Gasteiger partial charge in [0, 0.05) is 16.7 Å². The number of pyridine rings is 1. The monoisotopic (exact) mass is 140 g/mol. The van der Waals surface area contributed by atoms with E-state index in [2.05, 4.69) is 17.6 Å². The van der Waals surface area contributed by atoms with Crippen LogP contribution in [0, 0.1) is 6.92 Å². The second-order valence-corrected chi connectivity index (χ2v) is 2.32.